The zero-order valence-corrected chi connectivity index (χ0v) is 13.5. The number of rotatable bonds is 2. The number of aromatic nitrogens is 1. The average molecular weight is 291 g/mol. The van der Waals surface area contributed by atoms with Gasteiger partial charge in [0.25, 0.3) is 5.91 Å². The predicted molar refractivity (Wildman–Crippen MR) is 83.6 cm³/mol. The van der Waals surface area contributed by atoms with Crippen LogP contribution >= 0.6 is 0 Å². The van der Waals surface area contributed by atoms with Gasteiger partial charge in [-0.05, 0) is 25.5 Å². The quantitative estimate of drug-likeness (QED) is 0.875. The van der Waals surface area contributed by atoms with Crippen LogP contribution in [0.5, 0.6) is 0 Å². The number of β-amino-alcohol motifs (C(OH)–C–C–N with tert-alkyl or cyclic N) is 1. The summed E-state index contributed by atoms with van der Waals surface area (Å²) in [5.74, 6) is 0.647. The second-order valence-corrected chi connectivity index (χ2v) is 7.10. The van der Waals surface area contributed by atoms with Crippen LogP contribution in [0.3, 0.4) is 0 Å². The summed E-state index contributed by atoms with van der Waals surface area (Å²) in [4.78, 5) is 18.9. The largest absolute Gasteiger partial charge is 0.388 e. The van der Waals surface area contributed by atoms with Gasteiger partial charge in [-0.25, -0.2) is 4.98 Å². The number of carbonyl (C=O) groups is 1. The first-order chi connectivity index (χ1) is 9.62. The van der Waals surface area contributed by atoms with Crippen LogP contribution in [0.2, 0.25) is 0 Å². The van der Waals surface area contributed by atoms with E-state index in [1.807, 2.05) is 6.07 Å². The van der Waals surface area contributed by atoms with E-state index in [9.17, 15) is 9.90 Å². The van der Waals surface area contributed by atoms with Gasteiger partial charge in [-0.15, -0.1) is 0 Å². The zero-order chi connectivity index (χ0) is 15.8. The Morgan fingerprint density at radius 3 is 2.57 bits per heavy atom. The maximum absolute atomic E-state index is 12.6. The molecule has 1 saturated heterocycles. The van der Waals surface area contributed by atoms with Crippen molar-refractivity contribution >= 4 is 11.7 Å². The summed E-state index contributed by atoms with van der Waals surface area (Å²) >= 11 is 0. The van der Waals surface area contributed by atoms with Crippen molar-refractivity contribution in [2.45, 2.75) is 45.1 Å². The van der Waals surface area contributed by atoms with Crippen LogP contribution in [-0.2, 0) is 5.41 Å². The third-order valence-corrected chi connectivity index (χ3v) is 3.84. The molecule has 1 atom stereocenters. The number of aliphatic hydroxyl groups is 1. The summed E-state index contributed by atoms with van der Waals surface area (Å²) in [5, 5.41) is 13.0. The molecule has 0 aliphatic carbocycles. The molecule has 5 heteroatoms. The minimum absolute atomic E-state index is 0.0443. The van der Waals surface area contributed by atoms with Gasteiger partial charge in [-0.2, -0.15) is 0 Å². The molecule has 0 bridgehead atoms. The Morgan fingerprint density at radius 1 is 1.43 bits per heavy atom. The number of nitrogens with one attached hydrogen (secondary N) is 1. The first kappa shape index (κ1) is 15.8. The number of nitrogens with zero attached hydrogens (tertiary/aromatic N) is 2. The Hall–Kier alpha value is -1.62. The Bertz CT molecular complexity index is 547. The molecule has 1 aliphatic rings. The molecule has 0 saturated carbocycles. The van der Waals surface area contributed by atoms with E-state index in [2.05, 4.69) is 31.1 Å². The van der Waals surface area contributed by atoms with Crippen molar-refractivity contribution in [3.05, 3.63) is 23.4 Å². The highest BCUT2D eigenvalue weighted by Crippen LogP contribution is 2.26. The summed E-state index contributed by atoms with van der Waals surface area (Å²) < 4.78 is 0. The third kappa shape index (κ3) is 3.53. The number of pyridine rings is 1. The standard InChI is InChI=1S/C16H25N3O2/c1-15(2,3)12-8-11(9-13(17-5)18-12)14(20)19-7-6-16(4,21)10-19/h8-9,21H,6-7,10H2,1-5H3,(H,17,18). The topological polar surface area (TPSA) is 65.5 Å². The highest BCUT2D eigenvalue weighted by atomic mass is 16.3. The lowest BCUT2D eigenvalue weighted by molar-refractivity contribution is 0.0572. The van der Waals surface area contributed by atoms with E-state index in [4.69, 9.17) is 0 Å². The van der Waals surface area contributed by atoms with Gasteiger partial charge in [0.1, 0.15) is 5.82 Å². The number of amides is 1. The van der Waals surface area contributed by atoms with Crippen molar-refractivity contribution in [2.75, 3.05) is 25.5 Å². The Morgan fingerprint density at radius 2 is 2.10 bits per heavy atom. The average Bonchev–Trinajstić information content (AvgIpc) is 2.76. The molecule has 2 N–H and O–H groups in total. The van der Waals surface area contributed by atoms with Crippen LogP contribution in [-0.4, -0.2) is 46.6 Å². The highest BCUT2D eigenvalue weighted by molar-refractivity contribution is 5.95. The van der Waals surface area contributed by atoms with E-state index >= 15 is 0 Å². The lowest BCUT2D eigenvalue weighted by Gasteiger charge is -2.22. The van der Waals surface area contributed by atoms with Gasteiger partial charge in [0.05, 0.1) is 5.60 Å². The molecular weight excluding hydrogens is 266 g/mol. The first-order valence-corrected chi connectivity index (χ1v) is 7.34. The molecule has 1 aromatic rings. The number of hydrogen-bond acceptors (Lipinski definition) is 4. The normalized spacial score (nSPS) is 22.5. The molecule has 5 nitrogen and oxygen atoms in total. The number of hydrogen-bond donors (Lipinski definition) is 2. The van der Waals surface area contributed by atoms with Gasteiger partial charge in [0.2, 0.25) is 0 Å². The van der Waals surface area contributed by atoms with Gasteiger partial charge in [-0.3, -0.25) is 4.79 Å². The van der Waals surface area contributed by atoms with E-state index in [0.29, 0.717) is 30.9 Å². The second-order valence-electron chi connectivity index (χ2n) is 7.10. The fourth-order valence-electron chi connectivity index (χ4n) is 2.47. The zero-order valence-electron chi connectivity index (χ0n) is 13.5. The second kappa shape index (κ2) is 5.30. The molecule has 1 unspecified atom stereocenters. The molecule has 1 fully saturated rings. The summed E-state index contributed by atoms with van der Waals surface area (Å²) in [6, 6.07) is 3.63. The fraction of sp³-hybridized carbons (Fsp3) is 0.625. The van der Waals surface area contributed by atoms with Crippen molar-refractivity contribution in [2.24, 2.45) is 0 Å². The van der Waals surface area contributed by atoms with Gasteiger partial charge in [0.15, 0.2) is 0 Å². The summed E-state index contributed by atoms with van der Waals surface area (Å²) in [7, 11) is 1.80. The molecule has 1 aromatic heterocycles. The lowest BCUT2D eigenvalue weighted by Crippen LogP contribution is -2.34. The minimum Gasteiger partial charge on any atom is -0.388 e. The lowest BCUT2D eigenvalue weighted by atomic mass is 9.90. The molecule has 1 aliphatic heterocycles. The number of carbonyl (C=O) groups excluding carboxylic acids is 1. The van der Waals surface area contributed by atoms with Crippen LogP contribution in [0.1, 0.15) is 50.2 Å². The molecule has 1 amide bonds. The van der Waals surface area contributed by atoms with E-state index < -0.39 is 5.60 Å². The van der Waals surface area contributed by atoms with E-state index in [1.54, 1.807) is 24.9 Å². The van der Waals surface area contributed by atoms with Crippen LogP contribution in [0, 0.1) is 0 Å². The van der Waals surface area contributed by atoms with Gasteiger partial charge < -0.3 is 15.3 Å². The molecule has 0 aromatic carbocycles. The number of likely N-dealkylation sites (tertiary alicyclic amines) is 1. The van der Waals surface area contributed by atoms with Crippen LogP contribution in [0.25, 0.3) is 0 Å². The monoisotopic (exact) mass is 291 g/mol. The first-order valence-electron chi connectivity index (χ1n) is 7.34. The van der Waals surface area contributed by atoms with Crippen LogP contribution in [0.15, 0.2) is 12.1 Å². The van der Waals surface area contributed by atoms with Crippen molar-refractivity contribution in [1.82, 2.24) is 9.88 Å². The van der Waals surface area contributed by atoms with Gasteiger partial charge in [-0.1, -0.05) is 20.8 Å². The molecule has 21 heavy (non-hydrogen) atoms. The maximum atomic E-state index is 12.6. The molecule has 2 heterocycles. The Balaban J connectivity index is 2.33. The van der Waals surface area contributed by atoms with Gasteiger partial charge in [0, 0.05) is 36.8 Å². The Labute approximate surface area is 126 Å². The summed E-state index contributed by atoms with van der Waals surface area (Å²) in [6.07, 6.45) is 0.620. The molecule has 0 spiro atoms. The van der Waals surface area contributed by atoms with Crippen molar-refractivity contribution in [3.8, 4) is 0 Å². The van der Waals surface area contributed by atoms with E-state index in [0.717, 1.165) is 5.69 Å². The minimum atomic E-state index is -0.776. The molecule has 116 valence electrons. The molecule has 2 rings (SSSR count). The van der Waals surface area contributed by atoms with Crippen LogP contribution < -0.4 is 5.32 Å². The SMILES string of the molecule is CNc1cc(C(=O)N2CCC(C)(O)C2)cc(C(C)(C)C)n1. The maximum Gasteiger partial charge on any atom is 0.254 e. The fourth-order valence-corrected chi connectivity index (χ4v) is 2.47. The van der Waals surface area contributed by atoms with Crippen molar-refractivity contribution in [3.63, 3.8) is 0 Å². The molecule has 0 radical (unpaired) electrons. The van der Waals surface area contributed by atoms with Crippen molar-refractivity contribution < 1.29 is 9.90 Å². The predicted octanol–water partition coefficient (Wildman–Crippen LogP) is 2.02. The third-order valence-electron chi connectivity index (χ3n) is 3.84. The number of anilines is 1. The van der Waals surface area contributed by atoms with Gasteiger partial charge >= 0.3 is 0 Å². The van der Waals surface area contributed by atoms with E-state index in [1.165, 1.54) is 0 Å². The van der Waals surface area contributed by atoms with Crippen molar-refractivity contribution in [1.29, 1.82) is 0 Å². The van der Waals surface area contributed by atoms with Crippen LogP contribution in [0.4, 0.5) is 5.82 Å². The van der Waals surface area contributed by atoms with E-state index in [-0.39, 0.29) is 11.3 Å². The Kier molecular flexibility index (Phi) is 3.97. The smallest absolute Gasteiger partial charge is 0.254 e. The summed E-state index contributed by atoms with van der Waals surface area (Å²) in [5.41, 5.74) is 0.598. The molecular formula is C16H25N3O2. The highest BCUT2D eigenvalue weighted by Gasteiger charge is 2.34. The summed E-state index contributed by atoms with van der Waals surface area (Å²) in [6.45, 7) is 8.96.